The van der Waals surface area contributed by atoms with E-state index in [0.29, 0.717) is 6.54 Å². The molecular formula is C11H14N4O. The Hall–Kier alpha value is -2.04. The average Bonchev–Trinajstić information content (AvgIpc) is 2.79. The molecule has 0 spiro atoms. The van der Waals surface area contributed by atoms with Crippen LogP contribution >= 0.6 is 0 Å². The molecule has 2 N–H and O–H groups in total. The van der Waals surface area contributed by atoms with E-state index in [-0.39, 0.29) is 0 Å². The van der Waals surface area contributed by atoms with Crippen molar-refractivity contribution in [3.63, 3.8) is 0 Å². The highest BCUT2D eigenvalue weighted by atomic mass is 16.5. The molecule has 2 aromatic heterocycles. The van der Waals surface area contributed by atoms with Crippen molar-refractivity contribution in [2.45, 2.75) is 13.5 Å². The molecule has 2 aromatic rings. The maximum Gasteiger partial charge on any atom is 0.160 e. The largest absolute Gasteiger partial charge is 0.493 e. The molecule has 84 valence electrons. The highest BCUT2D eigenvalue weighted by Crippen LogP contribution is 2.23. The van der Waals surface area contributed by atoms with Crippen molar-refractivity contribution in [3.05, 3.63) is 36.2 Å². The molecule has 0 aliphatic rings. The van der Waals surface area contributed by atoms with Crippen LogP contribution in [-0.4, -0.2) is 22.1 Å². The van der Waals surface area contributed by atoms with Crippen molar-refractivity contribution in [3.8, 4) is 5.75 Å². The Morgan fingerprint density at radius 1 is 1.44 bits per heavy atom. The molecule has 0 radical (unpaired) electrons. The quantitative estimate of drug-likeness (QED) is 0.820. The number of methoxy groups -OCH3 is 1. The van der Waals surface area contributed by atoms with E-state index in [1.807, 2.05) is 13.0 Å². The molecule has 0 unspecified atom stereocenters. The summed E-state index contributed by atoms with van der Waals surface area (Å²) in [6, 6.07) is 1.95. The van der Waals surface area contributed by atoms with E-state index in [9.17, 15) is 0 Å². The van der Waals surface area contributed by atoms with E-state index in [1.54, 1.807) is 25.8 Å². The number of nitrogens with one attached hydrogen (secondary N) is 2. The van der Waals surface area contributed by atoms with Gasteiger partial charge in [0.05, 0.1) is 37.6 Å². The molecule has 0 bridgehead atoms. The van der Waals surface area contributed by atoms with Crippen molar-refractivity contribution in [1.29, 1.82) is 0 Å². The van der Waals surface area contributed by atoms with Crippen LogP contribution in [-0.2, 0) is 6.54 Å². The van der Waals surface area contributed by atoms with Gasteiger partial charge in [0.25, 0.3) is 0 Å². The predicted octanol–water partition coefficient (Wildman–Crippen LogP) is 1.73. The standard InChI is InChI=1S/C11H14N4O/c1-8-3-10(11(16-2)6-13-8)14-5-9-4-12-7-15-9/h3-4,6-7H,5H2,1-2H3,(H,12,15)(H,13,14). The Morgan fingerprint density at radius 3 is 3.00 bits per heavy atom. The summed E-state index contributed by atoms with van der Waals surface area (Å²) in [6.07, 6.45) is 5.16. The van der Waals surface area contributed by atoms with Crippen LogP contribution in [0.15, 0.2) is 24.8 Å². The lowest BCUT2D eigenvalue weighted by molar-refractivity contribution is 0.414. The van der Waals surface area contributed by atoms with Gasteiger partial charge in [-0.2, -0.15) is 0 Å². The number of ether oxygens (including phenoxy) is 1. The van der Waals surface area contributed by atoms with Gasteiger partial charge in [0.1, 0.15) is 0 Å². The van der Waals surface area contributed by atoms with E-state index in [4.69, 9.17) is 4.74 Å². The first-order chi connectivity index (χ1) is 7.79. The first kappa shape index (κ1) is 10.5. The second-order valence-corrected chi connectivity index (χ2v) is 3.46. The van der Waals surface area contributed by atoms with E-state index in [1.165, 1.54) is 0 Å². The fourth-order valence-electron chi connectivity index (χ4n) is 1.42. The van der Waals surface area contributed by atoms with E-state index in [0.717, 1.165) is 22.8 Å². The zero-order valence-corrected chi connectivity index (χ0v) is 9.32. The Bertz CT molecular complexity index is 453. The number of aromatic amines is 1. The highest BCUT2D eigenvalue weighted by Gasteiger charge is 2.03. The summed E-state index contributed by atoms with van der Waals surface area (Å²) in [5, 5.41) is 3.27. The van der Waals surface area contributed by atoms with Crippen LogP contribution < -0.4 is 10.1 Å². The molecule has 0 saturated carbocycles. The first-order valence-corrected chi connectivity index (χ1v) is 5.01. The molecule has 0 fully saturated rings. The minimum Gasteiger partial charge on any atom is -0.493 e. The highest BCUT2D eigenvalue weighted by molar-refractivity contribution is 5.55. The Kier molecular flexibility index (Phi) is 3.05. The summed E-state index contributed by atoms with van der Waals surface area (Å²) in [5.41, 5.74) is 2.91. The minimum atomic E-state index is 0.680. The van der Waals surface area contributed by atoms with Crippen LogP contribution in [0.2, 0.25) is 0 Å². The van der Waals surface area contributed by atoms with Crippen LogP contribution in [0.3, 0.4) is 0 Å². The van der Waals surface area contributed by atoms with Gasteiger partial charge in [-0.05, 0) is 13.0 Å². The topological polar surface area (TPSA) is 62.8 Å². The molecule has 0 saturated heterocycles. The zero-order chi connectivity index (χ0) is 11.4. The molecule has 5 heteroatoms. The Morgan fingerprint density at radius 2 is 2.31 bits per heavy atom. The molecule has 2 rings (SSSR count). The Balaban J connectivity index is 2.11. The summed E-state index contributed by atoms with van der Waals surface area (Å²) in [5.74, 6) is 0.741. The summed E-state index contributed by atoms with van der Waals surface area (Å²) in [6.45, 7) is 2.63. The number of nitrogens with zero attached hydrogens (tertiary/aromatic N) is 2. The van der Waals surface area contributed by atoms with Gasteiger partial charge in [0, 0.05) is 11.9 Å². The first-order valence-electron chi connectivity index (χ1n) is 5.01. The number of hydrogen-bond donors (Lipinski definition) is 2. The normalized spacial score (nSPS) is 10.1. The maximum absolute atomic E-state index is 5.22. The van der Waals surface area contributed by atoms with E-state index < -0.39 is 0 Å². The second kappa shape index (κ2) is 4.65. The number of imidazole rings is 1. The van der Waals surface area contributed by atoms with Gasteiger partial charge >= 0.3 is 0 Å². The molecule has 0 amide bonds. The van der Waals surface area contributed by atoms with Crippen molar-refractivity contribution in [2.75, 3.05) is 12.4 Å². The van der Waals surface area contributed by atoms with Crippen molar-refractivity contribution in [1.82, 2.24) is 15.0 Å². The number of hydrogen-bond acceptors (Lipinski definition) is 4. The summed E-state index contributed by atoms with van der Waals surface area (Å²) in [4.78, 5) is 11.2. The third-order valence-electron chi connectivity index (χ3n) is 2.25. The molecule has 0 atom stereocenters. The molecule has 2 heterocycles. The number of H-pyrrole nitrogens is 1. The number of anilines is 1. The number of rotatable bonds is 4. The molecule has 5 nitrogen and oxygen atoms in total. The third kappa shape index (κ3) is 2.31. The predicted molar refractivity (Wildman–Crippen MR) is 61.4 cm³/mol. The van der Waals surface area contributed by atoms with Crippen LogP contribution in [0, 0.1) is 6.92 Å². The van der Waals surface area contributed by atoms with Gasteiger partial charge in [-0.1, -0.05) is 0 Å². The van der Waals surface area contributed by atoms with E-state index >= 15 is 0 Å². The molecule has 0 aromatic carbocycles. The Labute approximate surface area is 93.9 Å². The lowest BCUT2D eigenvalue weighted by atomic mass is 10.3. The van der Waals surface area contributed by atoms with Crippen LogP contribution in [0.5, 0.6) is 5.75 Å². The van der Waals surface area contributed by atoms with Crippen molar-refractivity contribution >= 4 is 5.69 Å². The number of pyridine rings is 1. The van der Waals surface area contributed by atoms with Crippen LogP contribution in [0.1, 0.15) is 11.4 Å². The third-order valence-corrected chi connectivity index (χ3v) is 2.25. The van der Waals surface area contributed by atoms with Gasteiger partial charge in [-0.15, -0.1) is 0 Å². The van der Waals surface area contributed by atoms with E-state index in [2.05, 4.69) is 20.3 Å². The van der Waals surface area contributed by atoms with Crippen LogP contribution in [0.4, 0.5) is 5.69 Å². The number of aryl methyl sites for hydroxylation is 1. The smallest absolute Gasteiger partial charge is 0.160 e. The average molecular weight is 218 g/mol. The molecule has 0 aliphatic heterocycles. The van der Waals surface area contributed by atoms with Crippen molar-refractivity contribution < 1.29 is 4.74 Å². The SMILES string of the molecule is COc1cnc(C)cc1NCc1cnc[nH]1. The van der Waals surface area contributed by atoms with Gasteiger partial charge in [0.15, 0.2) is 5.75 Å². The minimum absolute atomic E-state index is 0.680. The van der Waals surface area contributed by atoms with Gasteiger partial charge in [0.2, 0.25) is 0 Å². The van der Waals surface area contributed by atoms with Gasteiger partial charge in [-0.25, -0.2) is 4.98 Å². The monoisotopic (exact) mass is 218 g/mol. The fourth-order valence-corrected chi connectivity index (χ4v) is 1.42. The molecule has 16 heavy (non-hydrogen) atoms. The second-order valence-electron chi connectivity index (χ2n) is 3.46. The maximum atomic E-state index is 5.22. The summed E-state index contributed by atoms with van der Waals surface area (Å²) >= 11 is 0. The van der Waals surface area contributed by atoms with Gasteiger partial charge in [-0.3, -0.25) is 4.98 Å². The fraction of sp³-hybridized carbons (Fsp3) is 0.273. The van der Waals surface area contributed by atoms with Crippen LogP contribution in [0.25, 0.3) is 0 Å². The molecular weight excluding hydrogens is 204 g/mol. The molecule has 0 aliphatic carbocycles. The van der Waals surface area contributed by atoms with Gasteiger partial charge < -0.3 is 15.0 Å². The zero-order valence-electron chi connectivity index (χ0n) is 9.32. The lowest BCUT2D eigenvalue weighted by Gasteiger charge is -2.10. The number of aromatic nitrogens is 3. The summed E-state index contributed by atoms with van der Waals surface area (Å²) in [7, 11) is 1.63. The summed E-state index contributed by atoms with van der Waals surface area (Å²) < 4.78 is 5.22. The van der Waals surface area contributed by atoms with Crippen molar-refractivity contribution in [2.24, 2.45) is 0 Å². The lowest BCUT2D eigenvalue weighted by Crippen LogP contribution is -2.02.